The number of amides is 2. The smallest absolute Gasteiger partial charge is 0.320 e. The zero-order chi connectivity index (χ0) is 21.4. The van der Waals surface area contributed by atoms with Crippen molar-refractivity contribution in [3.63, 3.8) is 0 Å². The third kappa shape index (κ3) is 3.56. The van der Waals surface area contributed by atoms with E-state index in [-0.39, 0.29) is 11.8 Å². The first-order valence-electron chi connectivity index (χ1n) is 9.65. The maximum atomic E-state index is 13.3. The molecule has 0 saturated carbocycles. The molecule has 2 amide bonds. The number of rotatable bonds is 4. The fourth-order valence-corrected chi connectivity index (χ4v) is 3.62. The molecule has 0 unspecified atom stereocenters. The Morgan fingerprint density at radius 2 is 1.80 bits per heavy atom. The number of hydrogen-bond donors (Lipinski definition) is 0. The molecule has 8 heteroatoms. The molecule has 2 aromatic carbocycles. The predicted octanol–water partition coefficient (Wildman–Crippen LogP) is 3.72. The van der Waals surface area contributed by atoms with Crippen LogP contribution in [-0.2, 0) is 13.1 Å². The van der Waals surface area contributed by atoms with Gasteiger partial charge < -0.3 is 9.80 Å². The molecule has 2 aromatic heterocycles. The summed E-state index contributed by atoms with van der Waals surface area (Å²) in [6, 6.07) is 12.2. The fraction of sp³-hybridized carbons (Fsp3) is 0.273. The number of hydrogen-bond acceptors (Lipinski definition) is 4. The van der Waals surface area contributed by atoms with Gasteiger partial charge in [-0.05, 0) is 59.2 Å². The maximum absolute atomic E-state index is 13.3. The van der Waals surface area contributed by atoms with E-state index in [1.165, 1.54) is 17.0 Å². The Kier molecular flexibility index (Phi) is 5.07. The molecule has 0 N–H and O–H groups in total. The lowest BCUT2D eigenvalue weighted by atomic mass is 10.0. The van der Waals surface area contributed by atoms with Crippen LogP contribution in [0.3, 0.4) is 0 Å². The molecule has 0 fully saturated rings. The van der Waals surface area contributed by atoms with Crippen molar-refractivity contribution in [3.8, 4) is 0 Å². The Hall–Kier alpha value is -3.55. The molecule has 7 nitrogen and oxygen atoms in total. The molecule has 0 aliphatic heterocycles. The quantitative estimate of drug-likeness (QED) is 0.518. The fourth-order valence-electron chi connectivity index (χ4n) is 3.62. The van der Waals surface area contributed by atoms with Gasteiger partial charge in [0.15, 0.2) is 5.65 Å². The monoisotopic (exact) mass is 406 g/mol. The van der Waals surface area contributed by atoms with E-state index in [1.807, 2.05) is 12.1 Å². The molecule has 0 radical (unpaired) electrons. The molecule has 30 heavy (non-hydrogen) atoms. The lowest BCUT2D eigenvalue weighted by Crippen LogP contribution is -2.38. The van der Waals surface area contributed by atoms with E-state index in [9.17, 15) is 9.18 Å². The largest absolute Gasteiger partial charge is 0.331 e. The number of urea groups is 1. The highest BCUT2D eigenvalue weighted by atomic mass is 19.1. The van der Waals surface area contributed by atoms with Gasteiger partial charge >= 0.3 is 6.03 Å². The number of aromatic nitrogens is 4. The van der Waals surface area contributed by atoms with Crippen LogP contribution < -0.4 is 0 Å². The number of tetrazole rings is 1. The highest BCUT2D eigenvalue weighted by Crippen LogP contribution is 2.25. The van der Waals surface area contributed by atoms with Gasteiger partial charge in [-0.3, -0.25) is 0 Å². The summed E-state index contributed by atoms with van der Waals surface area (Å²) in [5.41, 5.74) is 5.54. The van der Waals surface area contributed by atoms with E-state index in [0.717, 1.165) is 33.2 Å². The number of pyridine rings is 1. The molecule has 0 saturated heterocycles. The molecule has 0 aliphatic rings. The number of nitrogens with zero attached hydrogens (tertiary/aromatic N) is 6. The number of carbonyl (C=O) groups is 1. The van der Waals surface area contributed by atoms with Crippen LogP contribution >= 0.6 is 0 Å². The first-order chi connectivity index (χ1) is 14.3. The van der Waals surface area contributed by atoms with Crippen molar-refractivity contribution in [1.82, 2.24) is 29.8 Å². The normalized spacial score (nSPS) is 11.2. The molecule has 0 aliphatic carbocycles. The summed E-state index contributed by atoms with van der Waals surface area (Å²) in [5, 5.41) is 13.3. The van der Waals surface area contributed by atoms with E-state index >= 15 is 0 Å². The summed E-state index contributed by atoms with van der Waals surface area (Å²) >= 11 is 0. The van der Waals surface area contributed by atoms with Crippen LogP contribution in [0, 0.1) is 19.7 Å². The predicted molar refractivity (Wildman–Crippen MR) is 112 cm³/mol. The zero-order valence-corrected chi connectivity index (χ0v) is 17.4. The first-order valence-corrected chi connectivity index (χ1v) is 9.65. The number of aryl methyl sites for hydroxylation is 2. The second-order valence-electron chi connectivity index (χ2n) is 7.69. The molecule has 0 atom stereocenters. The Labute approximate surface area is 173 Å². The van der Waals surface area contributed by atoms with E-state index in [2.05, 4.69) is 35.4 Å². The molecule has 0 bridgehead atoms. The van der Waals surface area contributed by atoms with Crippen molar-refractivity contribution < 1.29 is 9.18 Å². The van der Waals surface area contributed by atoms with Gasteiger partial charge in [-0.25, -0.2) is 9.18 Å². The summed E-state index contributed by atoms with van der Waals surface area (Å²) in [5.74, 6) is -0.305. The van der Waals surface area contributed by atoms with E-state index in [0.29, 0.717) is 18.7 Å². The molecular formula is C22H23FN6O. The van der Waals surface area contributed by atoms with Crippen molar-refractivity contribution in [2.45, 2.75) is 26.9 Å². The van der Waals surface area contributed by atoms with Crippen LogP contribution in [0.1, 0.15) is 22.3 Å². The van der Waals surface area contributed by atoms with Crippen molar-refractivity contribution in [2.75, 3.05) is 14.1 Å². The Morgan fingerprint density at radius 3 is 2.50 bits per heavy atom. The number of benzene rings is 2. The minimum Gasteiger partial charge on any atom is -0.331 e. The van der Waals surface area contributed by atoms with Crippen molar-refractivity contribution in [2.24, 2.45) is 0 Å². The molecule has 2 heterocycles. The van der Waals surface area contributed by atoms with E-state index in [4.69, 9.17) is 0 Å². The van der Waals surface area contributed by atoms with Crippen molar-refractivity contribution >= 4 is 22.6 Å². The second kappa shape index (κ2) is 7.70. The minimum atomic E-state index is -0.305. The highest BCUT2D eigenvalue weighted by Gasteiger charge is 2.20. The average molecular weight is 406 g/mol. The van der Waals surface area contributed by atoms with Crippen molar-refractivity contribution in [1.29, 1.82) is 0 Å². The lowest BCUT2D eigenvalue weighted by Gasteiger charge is -2.26. The second-order valence-corrected chi connectivity index (χ2v) is 7.69. The Bertz CT molecular complexity index is 1230. The van der Waals surface area contributed by atoms with Crippen LogP contribution in [0.4, 0.5) is 9.18 Å². The number of halogens is 1. The molecule has 4 rings (SSSR count). The molecule has 0 spiro atoms. The zero-order valence-electron chi connectivity index (χ0n) is 17.4. The molecule has 4 aromatic rings. The Morgan fingerprint density at radius 1 is 1.07 bits per heavy atom. The van der Waals surface area contributed by atoms with Crippen LogP contribution in [0.25, 0.3) is 16.6 Å². The minimum absolute atomic E-state index is 0.148. The van der Waals surface area contributed by atoms with Gasteiger partial charge in [-0.2, -0.15) is 4.52 Å². The van der Waals surface area contributed by atoms with E-state index < -0.39 is 0 Å². The lowest BCUT2D eigenvalue weighted by molar-refractivity contribution is 0.165. The average Bonchev–Trinajstić information content (AvgIpc) is 3.21. The van der Waals surface area contributed by atoms with Crippen LogP contribution in [-0.4, -0.2) is 50.0 Å². The third-order valence-corrected chi connectivity index (χ3v) is 5.33. The van der Waals surface area contributed by atoms with Gasteiger partial charge in [0.2, 0.25) is 0 Å². The third-order valence-electron chi connectivity index (χ3n) is 5.33. The summed E-state index contributed by atoms with van der Waals surface area (Å²) in [6.07, 6.45) is 0. The number of carbonyl (C=O) groups excluding carboxylic acids is 1. The molecule has 154 valence electrons. The van der Waals surface area contributed by atoms with Crippen LogP contribution in [0.15, 0.2) is 42.5 Å². The van der Waals surface area contributed by atoms with Gasteiger partial charge in [-0.15, -0.1) is 5.10 Å². The van der Waals surface area contributed by atoms with Crippen LogP contribution in [0.5, 0.6) is 0 Å². The van der Waals surface area contributed by atoms with Gasteiger partial charge in [0.05, 0.1) is 12.1 Å². The van der Waals surface area contributed by atoms with E-state index in [1.54, 1.807) is 35.6 Å². The molecular weight excluding hydrogens is 383 g/mol. The topological polar surface area (TPSA) is 66.6 Å². The summed E-state index contributed by atoms with van der Waals surface area (Å²) in [4.78, 5) is 16.1. The standard InChI is InChI=1S/C22H23FN6O/c1-14-5-8-17-11-18(21-24-25-26-29(21)20(17)15(14)2)13-28(22(30)27(3)4)12-16-6-9-19(23)10-7-16/h5-11H,12-13H2,1-4H3. The van der Waals surface area contributed by atoms with Gasteiger partial charge in [0.25, 0.3) is 0 Å². The van der Waals surface area contributed by atoms with Crippen molar-refractivity contribution in [3.05, 3.63) is 70.5 Å². The summed E-state index contributed by atoms with van der Waals surface area (Å²) in [6.45, 7) is 4.77. The van der Waals surface area contributed by atoms with Gasteiger partial charge in [0.1, 0.15) is 5.82 Å². The Balaban J connectivity index is 1.78. The highest BCUT2D eigenvalue weighted by molar-refractivity contribution is 5.86. The van der Waals surface area contributed by atoms with Gasteiger partial charge in [-0.1, -0.05) is 24.3 Å². The summed E-state index contributed by atoms with van der Waals surface area (Å²) in [7, 11) is 3.42. The first kappa shape index (κ1) is 19.8. The van der Waals surface area contributed by atoms with Crippen LogP contribution in [0.2, 0.25) is 0 Å². The SMILES string of the molecule is Cc1ccc2cc(CN(Cc3ccc(F)cc3)C(=O)N(C)C)c3nnnn3c2c1C. The maximum Gasteiger partial charge on any atom is 0.320 e. The number of fused-ring (bicyclic) bond motifs is 3. The van der Waals surface area contributed by atoms with Gasteiger partial charge in [0, 0.05) is 31.6 Å². The summed E-state index contributed by atoms with van der Waals surface area (Å²) < 4.78 is 15.0.